The fourth-order valence-corrected chi connectivity index (χ4v) is 5.76. The predicted molar refractivity (Wildman–Crippen MR) is 147 cm³/mol. The highest BCUT2D eigenvalue weighted by atomic mass is 32.1. The standard InChI is InChI=1S/C27H23N7O4S/c1-2-21(35)33-12-6-7-16(15-33)31-25(36)24-23-22-18(10-11-28-26(22)39-24)34(27(37)32-23)19-13-30-20(14-29-19)38-17-8-4-3-5-9-17/h2-5,8-11,13-14,16H,1,6-7,12,15H2,(H,31,36)(H,32,37). The van der Waals surface area contributed by atoms with E-state index in [9.17, 15) is 14.4 Å². The quantitative estimate of drug-likeness (QED) is 0.345. The molecule has 0 spiro atoms. The van der Waals surface area contributed by atoms with Crippen molar-refractivity contribution in [3.63, 3.8) is 0 Å². The van der Waals surface area contributed by atoms with Gasteiger partial charge in [-0.1, -0.05) is 24.8 Å². The molecule has 196 valence electrons. The zero-order valence-electron chi connectivity index (χ0n) is 20.7. The maximum Gasteiger partial charge on any atom is 0.332 e. The van der Waals surface area contributed by atoms with Crippen LogP contribution in [0.3, 0.4) is 0 Å². The van der Waals surface area contributed by atoms with E-state index in [0.29, 0.717) is 45.3 Å². The number of likely N-dealkylation sites (tertiary alicyclic amines) is 1. The van der Waals surface area contributed by atoms with E-state index in [4.69, 9.17) is 4.74 Å². The molecule has 39 heavy (non-hydrogen) atoms. The molecule has 12 heteroatoms. The molecule has 0 bridgehead atoms. The molecule has 4 aromatic rings. The smallest absolute Gasteiger partial charge is 0.332 e. The fraction of sp³-hybridized carbons (Fsp3) is 0.185. The zero-order valence-corrected chi connectivity index (χ0v) is 21.5. The third-order valence-electron chi connectivity index (χ3n) is 6.50. The van der Waals surface area contributed by atoms with Crippen molar-refractivity contribution in [2.75, 3.05) is 23.3 Å². The van der Waals surface area contributed by atoms with Crippen molar-refractivity contribution in [2.24, 2.45) is 0 Å². The normalized spacial score (nSPS) is 16.5. The van der Waals surface area contributed by atoms with Gasteiger partial charge in [0.1, 0.15) is 15.5 Å². The van der Waals surface area contributed by atoms with E-state index in [1.54, 1.807) is 29.3 Å². The number of amides is 4. The number of hydrogen-bond donors (Lipinski definition) is 2. The molecular formula is C27H23N7O4S. The lowest BCUT2D eigenvalue weighted by Gasteiger charge is -2.32. The van der Waals surface area contributed by atoms with Gasteiger partial charge in [0.05, 0.1) is 29.2 Å². The average molecular weight is 542 g/mol. The highest BCUT2D eigenvalue weighted by molar-refractivity contribution is 7.21. The second-order valence-electron chi connectivity index (χ2n) is 9.01. The van der Waals surface area contributed by atoms with Crippen LogP contribution in [0.5, 0.6) is 11.6 Å². The molecule has 0 aliphatic carbocycles. The highest BCUT2D eigenvalue weighted by Crippen LogP contribution is 2.45. The maximum atomic E-state index is 13.3. The van der Waals surface area contributed by atoms with Crippen molar-refractivity contribution in [1.82, 2.24) is 25.2 Å². The number of benzene rings is 1. The number of carbonyl (C=O) groups is 3. The Bertz CT molecular complexity index is 1590. The fourth-order valence-electron chi connectivity index (χ4n) is 4.73. The molecule has 1 fully saturated rings. The van der Waals surface area contributed by atoms with Gasteiger partial charge in [-0.3, -0.25) is 9.59 Å². The van der Waals surface area contributed by atoms with E-state index >= 15 is 0 Å². The second-order valence-corrected chi connectivity index (χ2v) is 10.0. The summed E-state index contributed by atoms with van der Waals surface area (Å²) in [4.78, 5) is 55.8. The van der Waals surface area contributed by atoms with Gasteiger partial charge in [-0.15, -0.1) is 11.3 Å². The van der Waals surface area contributed by atoms with Crippen molar-refractivity contribution in [1.29, 1.82) is 0 Å². The molecule has 1 unspecified atom stereocenters. The van der Waals surface area contributed by atoms with Crippen molar-refractivity contribution in [3.05, 3.63) is 72.5 Å². The summed E-state index contributed by atoms with van der Waals surface area (Å²) in [5, 5.41) is 6.52. The number of nitrogens with one attached hydrogen (secondary N) is 2. The molecule has 5 heterocycles. The number of rotatable bonds is 6. The van der Waals surface area contributed by atoms with Crippen LogP contribution in [0, 0.1) is 0 Å². The molecule has 1 saturated heterocycles. The molecule has 4 amide bonds. The van der Waals surface area contributed by atoms with Crippen LogP contribution < -0.4 is 20.3 Å². The van der Waals surface area contributed by atoms with Crippen LogP contribution in [-0.2, 0) is 4.79 Å². The number of thiophene rings is 1. The second kappa shape index (κ2) is 10.1. The largest absolute Gasteiger partial charge is 0.438 e. The Morgan fingerprint density at radius 1 is 1.15 bits per heavy atom. The molecule has 1 atom stereocenters. The van der Waals surface area contributed by atoms with Gasteiger partial charge in [-0.2, -0.15) is 0 Å². The van der Waals surface area contributed by atoms with Crippen LogP contribution in [0.25, 0.3) is 10.2 Å². The van der Waals surface area contributed by atoms with Crippen LogP contribution in [0.4, 0.5) is 22.0 Å². The number of carbonyl (C=O) groups excluding carboxylic acids is 3. The van der Waals surface area contributed by atoms with Gasteiger partial charge in [0.25, 0.3) is 5.91 Å². The summed E-state index contributed by atoms with van der Waals surface area (Å²) >= 11 is 1.20. The lowest BCUT2D eigenvalue weighted by Crippen LogP contribution is -2.49. The number of pyridine rings is 1. The molecule has 0 saturated carbocycles. The molecule has 0 radical (unpaired) electrons. The van der Waals surface area contributed by atoms with E-state index in [2.05, 4.69) is 32.2 Å². The lowest BCUT2D eigenvalue weighted by molar-refractivity contribution is -0.127. The first-order valence-electron chi connectivity index (χ1n) is 12.3. The van der Waals surface area contributed by atoms with E-state index in [0.717, 1.165) is 12.8 Å². The minimum Gasteiger partial charge on any atom is -0.438 e. The van der Waals surface area contributed by atoms with Gasteiger partial charge < -0.3 is 20.3 Å². The summed E-state index contributed by atoms with van der Waals surface area (Å²) in [6, 6.07) is 10.2. The Kier molecular flexibility index (Phi) is 6.37. The minimum absolute atomic E-state index is 0.158. The SMILES string of the molecule is C=CC(=O)N1CCCC(NC(=O)c2sc3nccc4c3c2NC(=O)N4c2cnc(Oc3ccccc3)cn2)C1. The third kappa shape index (κ3) is 4.66. The van der Waals surface area contributed by atoms with E-state index in [1.165, 1.54) is 34.7 Å². The number of piperidine rings is 1. The summed E-state index contributed by atoms with van der Waals surface area (Å²) in [5.74, 6) is 0.710. The van der Waals surface area contributed by atoms with Gasteiger partial charge in [-0.05, 0) is 37.1 Å². The van der Waals surface area contributed by atoms with Crippen molar-refractivity contribution in [3.8, 4) is 11.6 Å². The summed E-state index contributed by atoms with van der Waals surface area (Å²) < 4.78 is 5.71. The van der Waals surface area contributed by atoms with Crippen molar-refractivity contribution in [2.45, 2.75) is 18.9 Å². The Morgan fingerprint density at radius 2 is 2.00 bits per heavy atom. The molecule has 1 aromatic carbocycles. The number of nitrogens with zero attached hydrogens (tertiary/aromatic N) is 5. The molecule has 6 rings (SSSR count). The molecular weight excluding hydrogens is 518 g/mol. The van der Waals surface area contributed by atoms with Gasteiger partial charge in [0, 0.05) is 25.3 Å². The van der Waals surface area contributed by atoms with E-state index in [1.807, 2.05) is 18.2 Å². The van der Waals surface area contributed by atoms with Gasteiger partial charge in [-0.25, -0.2) is 24.6 Å². The Hall–Kier alpha value is -4.84. The Morgan fingerprint density at radius 3 is 2.77 bits per heavy atom. The van der Waals surface area contributed by atoms with E-state index in [-0.39, 0.29) is 29.6 Å². The molecule has 2 aliphatic rings. The third-order valence-corrected chi connectivity index (χ3v) is 7.60. The predicted octanol–water partition coefficient (Wildman–Crippen LogP) is 4.47. The first kappa shape index (κ1) is 24.5. The number of anilines is 3. The number of urea groups is 1. The molecule has 2 aliphatic heterocycles. The van der Waals surface area contributed by atoms with Crippen LogP contribution >= 0.6 is 11.3 Å². The maximum absolute atomic E-state index is 13.3. The zero-order chi connectivity index (χ0) is 26.9. The van der Waals surface area contributed by atoms with Crippen molar-refractivity contribution >= 4 is 56.6 Å². The molecule has 11 nitrogen and oxygen atoms in total. The lowest BCUT2D eigenvalue weighted by atomic mass is 10.1. The Balaban J connectivity index is 1.27. The topological polar surface area (TPSA) is 130 Å². The van der Waals surface area contributed by atoms with Crippen LogP contribution in [0.15, 0.2) is 67.6 Å². The summed E-state index contributed by atoms with van der Waals surface area (Å²) in [6.45, 7) is 4.58. The Labute approximate surface area is 227 Å². The summed E-state index contributed by atoms with van der Waals surface area (Å²) in [5.41, 5.74) is 0.948. The molecule has 2 N–H and O–H groups in total. The highest BCUT2D eigenvalue weighted by Gasteiger charge is 2.34. The summed E-state index contributed by atoms with van der Waals surface area (Å²) in [6.07, 6.45) is 7.29. The first-order valence-corrected chi connectivity index (χ1v) is 13.1. The van der Waals surface area contributed by atoms with Crippen LogP contribution in [0.2, 0.25) is 0 Å². The van der Waals surface area contributed by atoms with E-state index < -0.39 is 6.03 Å². The number of ether oxygens (including phenoxy) is 1. The van der Waals surface area contributed by atoms with Gasteiger partial charge >= 0.3 is 6.03 Å². The van der Waals surface area contributed by atoms with Gasteiger partial charge in [0.2, 0.25) is 11.8 Å². The van der Waals surface area contributed by atoms with Gasteiger partial charge in [0.15, 0.2) is 5.82 Å². The number of para-hydroxylation sites is 1. The van der Waals surface area contributed by atoms with Crippen LogP contribution in [0.1, 0.15) is 22.5 Å². The first-order chi connectivity index (χ1) is 19.0. The summed E-state index contributed by atoms with van der Waals surface area (Å²) in [7, 11) is 0. The number of aromatic nitrogens is 3. The minimum atomic E-state index is -0.478. The van der Waals surface area contributed by atoms with Crippen LogP contribution in [-0.4, -0.2) is 56.8 Å². The molecule has 3 aromatic heterocycles. The van der Waals surface area contributed by atoms with Crippen molar-refractivity contribution < 1.29 is 19.1 Å². The average Bonchev–Trinajstić information content (AvgIpc) is 3.33. The monoisotopic (exact) mass is 541 g/mol. The number of hydrogen-bond acceptors (Lipinski definition) is 8.